The molecule has 0 aliphatic rings. The average molecular weight is 389 g/mol. The van der Waals surface area contributed by atoms with Crippen LogP contribution < -0.4 is 17.2 Å². The Morgan fingerprint density at radius 1 is 1.00 bits per heavy atom. The van der Waals surface area contributed by atoms with E-state index in [-0.39, 0.29) is 29.5 Å². The minimum Gasteiger partial charge on any atom is -0.465 e. The number of aryl methyl sites for hydroxylation is 1. The summed E-state index contributed by atoms with van der Waals surface area (Å²) in [6.07, 6.45) is 1.70. The van der Waals surface area contributed by atoms with Crippen LogP contribution in [0, 0.1) is 0 Å². The van der Waals surface area contributed by atoms with Crippen LogP contribution in [0.5, 0.6) is 0 Å². The normalized spacial score (nSPS) is 12.1. The molecular formula is C19H27N5O4. The van der Waals surface area contributed by atoms with Gasteiger partial charge in [-0.2, -0.15) is 9.97 Å². The van der Waals surface area contributed by atoms with Gasteiger partial charge in [0.2, 0.25) is 5.95 Å². The lowest BCUT2D eigenvalue weighted by atomic mass is 9.92. The molecule has 2 rings (SSSR count). The predicted octanol–water partition coefficient (Wildman–Crippen LogP) is 1.74. The van der Waals surface area contributed by atoms with E-state index in [0.717, 1.165) is 18.4 Å². The van der Waals surface area contributed by atoms with Crippen LogP contribution in [0.1, 0.15) is 40.2 Å². The second kappa shape index (κ2) is 9.86. The van der Waals surface area contributed by atoms with Crippen LogP contribution in [0.15, 0.2) is 24.3 Å². The molecule has 9 heteroatoms. The molecule has 0 aliphatic heterocycles. The maximum absolute atomic E-state index is 11.5. The Morgan fingerprint density at radius 3 is 2.07 bits per heavy atom. The third-order valence-corrected chi connectivity index (χ3v) is 4.54. The maximum Gasteiger partial charge on any atom is 0.337 e. The van der Waals surface area contributed by atoms with Gasteiger partial charge in [0, 0.05) is 25.7 Å². The summed E-state index contributed by atoms with van der Waals surface area (Å²) in [6, 6.07) is 7.30. The monoisotopic (exact) mass is 389 g/mol. The first-order valence-electron chi connectivity index (χ1n) is 8.82. The van der Waals surface area contributed by atoms with Gasteiger partial charge < -0.3 is 31.4 Å². The van der Waals surface area contributed by atoms with Gasteiger partial charge in [-0.05, 0) is 37.0 Å². The summed E-state index contributed by atoms with van der Waals surface area (Å²) in [6.45, 7) is 0. The smallest absolute Gasteiger partial charge is 0.337 e. The summed E-state index contributed by atoms with van der Waals surface area (Å²) in [5.74, 6) is -0.156. The average Bonchev–Trinajstić information content (AvgIpc) is 2.67. The Kier molecular flexibility index (Phi) is 7.53. The standard InChI is InChI=1S/C19H27N5O4/c1-26-17(25)12-9-7-11(8-10-12)5-4-6-13(18(27-2)28-3)14-15(20)23-19(22)24-16(14)21/h7-10,13,18H,4-6H2,1-3H3,(H6,20,21,22,23,24). The minimum atomic E-state index is -0.557. The van der Waals surface area contributed by atoms with E-state index < -0.39 is 6.29 Å². The van der Waals surface area contributed by atoms with E-state index >= 15 is 0 Å². The fourth-order valence-electron chi connectivity index (χ4n) is 3.20. The number of anilines is 3. The molecular weight excluding hydrogens is 362 g/mol. The van der Waals surface area contributed by atoms with E-state index in [1.165, 1.54) is 7.11 Å². The van der Waals surface area contributed by atoms with Gasteiger partial charge >= 0.3 is 5.97 Å². The van der Waals surface area contributed by atoms with Crippen molar-refractivity contribution in [2.75, 3.05) is 38.5 Å². The van der Waals surface area contributed by atoms with E-state index in [9.17, 15) is 4.79 Å². The molecule has 0 saturated carbocycles. The third kappa shape index (κ3) is 5.08. The van der Waals surface area contributed by atoms with Crippen molar-refractivity contribution in [1.82, 2.24) is 9.97 Å². The number of hydrogen-bond acceptors (Lipinski definition) is 9. The summed E-state index contributed by atoms with van der Waals surface area (Å²) in [7, 11) is 4.46. The van der Waals surface area contributed by atoms with Crippen molar-refractivity contribution in [3.63, 3.8) is 0 Å². The van der Waals surface area contributed by atoms with Crippen molar-refractivity contribution in [3.8, 4) is 0 Å². The quantitative estimate of drug-likeness (QED) is 0.430. The third-order valence-electron chi connectivity index (χ3n) is 4.54. The molecule has 152 valence electrons. The van der Waals surface area contributed by atoms with Crippen molar-refractivity contribution < 1.29 is 19.0 Å². The summed E-state index contributed by atoms with van der Waals surface area (Å²) < 4.78 is 15.6. The molecule has 6 N–H and O–H groups in total. The van der Waals surface area contributed by atoms with Gasteiger partial charge in [0.15, 0.2) is 6.29 Å². The number of nitrogens with two attached hydrogens (primary N) is 3. The Labute approximate surface area is 164 Å². The second-order valence-corrected chi connectivity index (χ2v) is 6.29. The first kappa shape index (κ1) is 21.4. The first-order chi connectivity index (χ1) is 13.4. The van der Waals surface area contributed by atoms with E-state index in [2.05, 4.69) is 9.97 Å². The zero-order chi connectivity index (χ0) is 20.7. The Hall–Kier alpha value is -2.91. The zero-order valence-electron chi connectivity index (χ0n) is 16.3. The van der Waals surface area contributed by atoms with E-state index in [1.54, 1.807) is 26.4 Å². The molecule has 0 bridgehead atoms. The summed E-state index contributed by atoms with van der Waals surface area (Å²) in [5.41, 5.74) is 19.9. The minimum absolute atomic E-state index is 0.0228. The molecule has 9 nitrogen and oxygen atoms in total. The Bertz CT molecular complexity index is 770. The van der Waals surface area contributed by atoms with Gasteiger partial charge in [0.1, 0.15) is 11.6 Å². The van der Waals surface area contributed by atoms with E-state index in [0.29, 0.717) is 17.5 Å². The van der Waals surface area contributed by atoms with Crippen LogP contribution in [0.3, 0.4) is 0 Å². The fraction of sp³-hybridized carbons (Fsp3) is 0.421. The van der Waals surface area contributed by atoms with E-state index in [1.807, 2.05) is 12.1 Å². The highest BCUT2D eigenvalue weighted by Crippen LogP contribution is 2.34. The molecule has 0 aliphatic carbocycles. The second-order valence-electron chi connectivity index (χ2n) is 6.29. The molecule has 0 spiro atoms. The number of benzene rings is 1. The van der Waals surface area contributed by atoms with Gasteiger partial charge in [-0.25, -0.2) is 4.79 Å². The molecule has 1 heterocycles. The Balaban J connectivity index is 2.13. The van der Waals surface area contributed by atoms with Crippen molar-refractivity contribution in [2.45, 2.75) is 31.5 Å². The van der Waals surface area contributed by atoms with E-state index in [4.69, 9.17) is 31.4 Å². The maximum atomic E-state index is 11.5. The number of methoxy groups -OCH3 is 3. The molecule has 0 radical (unpaired) electrons. The first-order valence-corrected chi connectivity index (χ1v) is 8.82. The van der Waals surface area contributed by atoms with Crippen LogP contribution in [0.25, 0.3) is 0 Å². The number of hydrogen-bond donors (Lipinski definition) is 3. The highest BCUT2D eigenvalue weighted by Gasteiger charge is 2.28. The fourth-order valence-corrected chi connectivity index (χ4v) is 3.20. The van der Waals surface area contributed by atoms with Crippen LogP contribution in [-0.2, 0) is 20.6 Å². The highest BCUT2D eigenvalue weighted by atomic mass is 16.7. The number of carbonyl (C=O) groups excluding carboxylic acids is 1. The number of rotatable bonds is 9. The lowest BCUT2D eigenvalue weighted by molar-refractivity contribution is -0.119. The SMILES string of the molecule is COC(=O)c1ccc(CCCC(c2c(N)nc(N)nc2N)C(OC)OC)cc1. The number of nitrogen functional groups attached to an aromatic ring is 3. The number of aromatic nitrogens is 2. The molecule has 1 unspecified atom stereocenters. The largest absolute Gasteiger partial charge is 0.465 e. The lowest BCUT2D eigenvalue weighted by Crippen LogP contribution is -2.26. The molecule has 0 fully saturated rings. The molecule has 1 atom stereocenters. The molecule has 2 aromatic rings. The lowest BCUT2D eigenvalue weighted by Gasteiger charge is -2.26. The van der Waals surface area contributed by atoms with Crippen LogP contribution >= 0.6 is 0 Å². The van der Waals surface area contributed by atoms with Gasteiger partial charge in [-0.3, -0.25) is 0 Å². The number of esters is 1. The summed E-state index contributed by atoms with van der Waals surface area (Å²) in [4.78, 5) is 19.6. The molecule has 1 aromatic heterocycles. The van der Waals surface area contributed by atoms with Crippen molar-refractivity contribution in [1.29, 1.82) is 0 Å². The predicted molar refractivity (Wildman–Crippen MR) is 107 cm³/mol. The zero-order valence-corrected chi connectivity index (χ0v) is 16.3. The van der Waals surface area contributed by atoms with Crippen LogP contribution in [0.4, 0.5) is 17.6 Å². The summed E-state index contributed by atoms with van der Waals surface area (Å²) >= 11 is 0. The van der Waals surface area contributed by atoms with Gasteiger partial charge in [0.05, 0.1) is 12.7 Å². The van der Waals surface area contributed by atoms with Crippen LogP contribution in [0.2, 0.25) is 0 Å². The molecule has 0 amide bonds. The molecule has 1 aromatic carbocycles. The summed E-state index contributed by atoms with van der Waals surface area (Å²) in [5, 5.41) is 0. The van der Waals surface area contributed by atoms with Gasteiger partial charge in [0.25, 0.3) is 0 Å². The van der Waals surface area contributed by atoms with Gasteiger partial charge in [-0.15, -0.1) is 0 Å². The number of carbonyl (C=O) groups is 1. The number of nitrogens with zero attached hydrogens (tertiary/aromatic N) is 2. The number of ether oxygens (including phenoxy) is 3. The van der Waals surface area contributed by atoms with Crippen molar-refractivity contribution >= 4 is 23.6 Å². The van der Waals surface area contributed by atoms with Crippen molar-refractivity contribution in [3.05, 3.63) is 41.0 Å². The molecule has 0 saturated heterocycles. The highest BCUT2D eigenvalue weighted by molar-refractivity contribution is 5.89. The van der Waals surface area contributed by atoms with Crippen LogP contribution in [-0.4, -0.2) is 43.6 Å². The Morgan fingerprint density at radius 2 is 1.57 bits per heavy atom. The van der Waals surface area contributed by atoms with Gasteiger partial charge in [-0.1, -0.05) is 12.1 Å². The topological polar surface area (TPSA) is 149 Å². The molecule has 28 heavy (non-hydrogen) atoms. The van der Waals surface area contributed by atoms with Crippen molar-refractivity contribution in [2.24, 2.45) is 0 Å².